The van der Waals surface area contributed by atoms with E-state index in [0.29, 0.717) is 17.7 Å². The van der Waals surface area contributed by atoms with E-state index in [1.165, 1.54) is 12.1 Å². The maximum atomic E-state index is 13.2. The predicted octanol–water partition coefficient (Wildman–Crippen LogP) is 8.11. The van der Waals surface area contributed by atoms with E-state index in [0.717, 1.165) is 89.1 Å². The van der Waals surface area contributed by atoms with E-state index >= 15 is 0 Å². The van der Waals surface area contributed by atoms with Gasteiger partial charge in [-0.25, -0.2) is 15.0 Å². The van der Waals surface area contributed by atoms with Crippen molar-refractivity contribution in [1.82, 2.24) is 19.9 Å². The Kier molecular flexibility index (Phi) is 9.32. The molecule has 1 amide bonds. The van der Waals surface area contributed by atoms with E-state index in [1.807, 2.05) is 43.5 Å². The standard InChI is InChI=1S/C37H38F3N7O/c1-5-24-17-26(32-20-29(10-9-23(32)2)43-35(48)25-7-6-8-28(19-25)37(38,39)40)18-27-21-42-36(45-34(24)27)44-30-11-12-33(41-22-30)47-15-13-31(14-16-47)46(3)4/h6-12,17-22,31H,5,13-16H2,1-4H3,(H,43,48)(H,42,44,45). The summed E-state index contributed by atoms with van der Waals surface area (Å²) in [7, 11) is 4.27. The number of fused-ring (bicyclic) bond motifs is 1. The minimum atomic E-state index is -4.53. The maximum absolute atomic E-state index is 13.2. The Hall–Kier alpha value is -5.03. The van der Waals surface area contributed by atoms with Crippen molar-refractivity contribution in [3.63, 3.8) is 0 Å². The van der Waals surface area contributed by atoms with Crippen LogP contribution in [0.3, 0.4) is 0 Å². The predicted molar refractivity (Wildman–Crippen MR) is 185 cm³/mol. The van der Waals surface area contributed by atoms with Gasteiger partial charge in [-0.2, -0.15) is 13.2 Å². The molecule has 0 spiro atoms. The van der Waals surface area contributed by atoms with Crippen molar-refractivity contribution in [2.24, 2.45) is 0 Å². The minimum Gasteiger partial charge on any atom is -0.357 e. The first-order valence-corrected chi connectivity index (χ1v) is 16.0. The molecule has 6 rings (SSSR count). The van der Waals surface area contributed by atoms with E-state index < -0.39 is 17.6 Å². The molecule has 3 heterocycles. The highest BCUT2D eigenvalue weighted by atomic mass is 19.4. The number of anilines is 4. The summed E-state index contributed by atoms with van der Waals surface area (Å²) in [6.07, 6.45) is 2.03. The number of carbonyl (C=O) groups excluding carboxylic acids is 1. The Balaban J connectivity index is 1.19. The van der Waals surface area contributed by atoms with Crippen LogP contribution in [0.1, 0.15) is 46.8 Å². The summed E-state index contributed by atoms with van der Waals surface area (Å²) in [6.45, 7) is 6.00. The number of nitrogens with one attached hydrogen (secondary N) is 2. The first-order valence-electron chi connectivity index (χ1n) is 16.0. The van der Waals surface area contributed by atoms with Gasteiger partial charge in [-0.15, -0.1) is 0 Å². The Labute approximate surface area is 278 Å². The molecular weight excluding hydrogens is 615 g/mol. The van der Waals surface area contributed by atoms with Gasteiger partial charge in [0.1, 0.15) is 5.82 Å². The zero-order valence-electron chi connectivity index (χ0n) is 27.4. The quantitative estimate of drug-likeness (QED) is 0.175. The van der Waals surface area contributed by atoms with E-state index in [2.05, 4.69) is 52.5 Å². The van der Waals surface area contributed by atoms with Crippen LogP contribution < -0.4 is 15.5 Å². The number of aryl methyl sites for hydroxylation is 2. The number of amides is 1. The third kappa shape index (κ3) is 7.26. The SMILES string of the molecule is CCc1cc(-c2cc(NC(=O)c3cccc(C(F)(F)F)c3)ccc2C)cc2cnc(Nc3ccc(N4CCC(N(C)C)CC4)nc3)nc12. The van der Waals surface area contributed by atoms with Crippen LogP contribution in [0.4, 0.5) is 36.3 Å². The van der Waals surface area contributed by atoms with Gasteiger partial charge in [0.15, 0.2) is 0 Å². The van der Waals surface area contributed by atoms with Gasteiger partial charge in [-0.1, -0.05) is 19.1 Å². The van der Waals surface area contributed by atoms with Gasteiger partial charge >= 0.3 is 6.18 Å². The molecule has 48 heavy (non-hydrogen) atoms. The van der Waals surface area contributed by atoms with Gasteiger partial charge in [-0.05, 0) is 117 Å². The molecule has 0 aliphatic carbocycles. The first kappa shape index (κ1) is 32.9. The highest BCUT2D eigenvalue weighted by molar-refractivity contribution is 6.04. The normalized spacial score (nSPS) is 14.0. The lowest BCUT2D eigenvalue weighted by molar-refractivity contribution is -0.137. The molecule has 0 atom stereocenters. The molecule has 3 aromatic carbocycles. The second kappa shape index (κ2) is 13.6. The van der Waals surface area contributed by atoms with Gasteiger partial charge in [0.2, 0.25) is 5.95 Å². The van der Waals surface area contributed by atoms with Crippen molar-refractivity contribution in [2.45, 2.75) is 45.3 Å². The molecule has 1 saturated heterocycles. The molecule has 5 aromatic rings. The number of rotatable bonds is 8. The van der Waals surface area contributed by atoms with E-state index in [1.54, 1.807) is 12.3 Å². The van der Waals surface area contributed by atoms with E-state index in [9.17, 15) is 18.0 Å². The Morgan fingerprint density at radius 1 is 0.958 bits per heavy atom. The fourth-order valence-corrected chi connectivity index (χ4v) is 6.14. The van der Waals surface area contributed by atoms with Crippen LogP contribution in [0.2, 0.25) is 0 Å². The molecule has 0 bridgehead atoms. The van der Waals surface area contributed by atoms with Crippen LogP contribution in [0.5, 0.6) is 0 Å². The number of aromatic nitrogens is 3. The largest absolute Gasteiger partial charge is 0.416 e. The van der Waals surface area contributed by atoms with Crippen molar-refractivity contribution in [3.8, 4) is 11.1 Å². The number of pyridine rings is 1. The van der Waals surface area contributed by atoms with Crippen LogP contribution in [-0.4, -0.2) is 59.0 Å². The average Bonchev–Trinajstić information content (AvgIpc) is 3.08. The molecule has 248 valence electrons. The van der Waals surface area contributed by atoms with Crippen LogP contribution in [-0.2, 0) is 12.6 Å². The molecule has 1 aliphatic heterocycles. The number of hydrogen-bond donors (Lipinski definition) is 2. The van der Waals surface area contributed by atoms with Crippen LogP contribution in [0.15, 0.2) is 79.1 Å². The molecule has 0 saturated carbocycles. The lowest BCUT2D eigenvalue weighted by Gasteiger charge is -2.35. The number of hydrogen-bond acceptors (Lipinski definition) is 7. The number of halogens is 3. The molecule has 0 unspecified atom stereocenters. The number of carbonyl (C=O) groups is 1. The molecule has 2 N–H and O–H groups in total. The summed E-state index contributed by atoms with van der Waals surface area (Å²) >= 11 is 0. The molecular formula is C37H38F3N7O. The summed E-state index contributed by atoms with van der Waals surface area (Å²) in [5.41, 5.74) is 4.98. The topological polar surface area (TPSA) is 86.3 Å². The molecule has 11 heteroatoms. The third-order valence-corrected chi connectivity index (χ3v) is 8.92. The summed E-state index contributed by atoms with van der Waals surface area (Å²) in [4.78, 5) is 31.6. The molecule has 2 aromatic heterocycles. The zero-order chi connectivity index (χ0) is 34.0. The van der Waals surface area contributed by atoms with Gasteiger partial charge in [0.25, 0.3) is 5.91 Å². The van der Waals surface area contributed by atoms with Gasteiger partial charge < -0.3 is 20.4 Å². The summed E-state index contributed by atoms with van der Waals surface area (Å²) < 4.78 is 39.6. The maximum Gasteiger partial charge on any atom is 0.416 e. The van der Waals surface area contributed by atoms with Crippen molar-refractivity contribution >= 4 is 40.0 Å². The van der Waals surface area contributed by atoms with Crippen LogP contribution >= 0.6 is 0 Å². The summed E-state index contributed by atoms with van der Waals surface area (Å²) in [5.74, 6) is 0.820. The summed E-state index contributed by atoms with van der Waals surface area (Å²) in [6, 6.07) is 18.6. The second-order valence-corrected chi connectivity index (χ2v) is 12.4. The Morgan fingerprint density at radius 3 is 2.42 bits per heavy atom. The molecule has 0 radical (unpaired) electrons. The van der Waals surface area contributed by atoms with E-state index in [-0.39, 0.29) is 5.56 Å². The number of piperidine rings is 1. The molecule has 1 fully saturated rings. The van der Waals surface area contributed by atoms with Gasteiger partial charge in [0, 0.05) is 42.0 Å². The van der Waals surface area contributed by atoms with Gasteiger partial charge in [-0.3, -0.25) is 4.79 Å². The molecule has 1 aliphatic rings. The fraction of sp³-hybridized carbons (Fsp3) is 0.297. The van der Waals surface area contributed by atoms with Crippen molar-refractivity contribution in [2.75, 3.05) is 42.7 Å². The number of benzene rings is 3. The highest BCUT2D eigenvalue weighted by Crippen LogP contribution is 2.33. The molecule has 8 nitrogen and oxygen atoms in total. The first-order chi connectivity index (χ1) is 23.0. The number of nitrogens with zero attached hydrogens (tertiary/aromatic N) is 5. The van der Waals surface area contributed by atoms with Crippen LogP contribution in [0.25, 0.3) is 22.0 Å². The lowest BCUT2D eigenvalue weighted by Crippen LogP contribution is -2.42. The Bertz CT molecular complexity index is 1930. The smallest absolute Gasteiger partial charge is 0.357 e. The van der Waals surface area contributed by atoms with E-state index in [4.69, 9.17) is 9.97 Å². The minimum absolute atomic E-state index is 0.0699. The zero-order valence-corrected chi connectivity index (χ0v) is 27.4. The summed E-state index contributed by atoms with van der Waals surface area (Å²) in [5, 5.41) is 6.91. The lowest BCUT2D eigenvalue weighted by atomic mass is 9.95. The van der Waals surface area contributed by atoms with Gasteiger partial charge in [0.05, 0.1) is 23.0 Å². The highest BCUT2D eigenvalue weighted by Gasteiger charge is 2.31. The fourth-order valence-electron chi connectivity index (χ4n) is 6.14. The average molecular weight is 654 g/mol. The Morgan fingerprint density at radius 2 is 1.73 bits per heavy atom. The van der Waals surface area contributed by atoms with Crippen molar-refractivity contribution in [1.29, 1.82) is 0 Å². The van der Waals surface area contributed by atoms with Crippen LogP contribution in [0, 0.1) is 6.92 Å². The second-order valence-electron chi connectivity index (χ2n) is 12.4. The third-order valence-electron chi connectivity index (χ3n) is 8.92. The number of alkyl halides is 3. The van der Waals surface area contributed by atoms with Crippen molar-refractivity contribution < 1.29 is 18.0 Å². The van der Waals surface area contributed by atoms with Crippen molar-refractivity contribution in [3.05, 3.63) is 101 Å². The monoisotopic (exact) mass is 653 g/mol.